The third-order valence-electron chi connectivity index (χ3n) is 3.54. The van der Waals surface area contributed by atoms with Crippen molar-refractivity contribution in [3.05, 3.63) is 71.8 Å². The number of nitrogens with two attached hydrogens (primary N) is 1. The lowest BCUT2D eigenvalue weighted by Crippen LogP contribution is -2.51. The molecule has 0 fully saturated rings. The van der Waals surface area contributed by atoms with Gasteiger partial charge in [0.25, 0.3) is 0 Å². The molecular formula is C20H23NO5. The fraction of sp³-hybridized carbons (Fsp3) is 0.300. The molecule has 2 aromatic carbocycles. The number of benzene rings is 2. The Kier molecular flexibility index (Phi) is 6.13. The topological polar surface area (TPSA) is 87.9 Å². The zero-order chi connectivity index (χ0) is 19.2. The van der Waals surface area contributed by atoms with E-state index in [2.05, 4.69) is 0 Å². The highest BCUT2D eigenvalue weighted by Gasteiger charge is 2.53. The summed E-state index contributed by atoms with van der Waals surface area (Å²) in [5, 5.41) is 0. The van der Waals surface area contributed by atoms with Crippen LogP contribution in [-0.2, 0) is 36.1 Å². The van der Waals surface area contributed by atoms with Crippen LogP contribution >= 0.6 is 0 Å². The molecule has 2 N–H and O–H groups in total. The highest BCUT2D eigenvalue weighted by Crippen LogP contribution is 2.30. The van der Waals surface area contributed by atoms with E-state index in [9.17, 15) is 9.59 Å². The van der Waals surface area contributed by atoms with Crippen LogP contribution in [0.25, 0.3) is 0 Å². The molecule has 2 aromatic rings. The Morgan fingerprint density at radius 1 is 0.885 bits per heavy atom. The van der Waals surface area contributed by atoms with E-state index in [0.29, 0.717) is 0 Å². The number of rotatable bonds is 6. The molecule has 1 unspecified atom stereocenters. The summed E-state index contributed by atoms with van der Waals surface area (Å²) in [6.07, 6.45) is 0. The largest absolute Gasteiger partial charge is 0.458 e. The van der Waals surface area contributed by atoms with Crippen LogP contribution in [0.3, 0.4) is 0 Å². The van der Waals surface area contributed by atoms with Crippen LogP contribution < -0.4 is 5.90 Å². The number of carbonyl (C=O) groups excluding carboxylic acids is 2. The summed E-state index contributed by atoms with van der Waals surface area (Å²) in [4.78, 5) is 30.6. The number of ether oxygens (including phenoxy) is 2. The molecule has 0 saturated carbocycles. The van der Waals surface area contributed by atoms with Gasteiger partial charge in [-0.15, -0.1) is 0 Å². The van der Waals surface area contributed by atoms with Gasteiger partial charge < -0.3 is 9.47 Å². The maximum absolute atomic E-state index is 12.9. The molecule has 0 bridgehead atoms. The average Bonchev–Trinajstić information content (AvgIpc) is 2.61. The predicted molar refractivity (Wildman–Crippen MR) is 95.5 cm³/mol. The number of esters is 2. The number of hydrogen-bond donors (Lipinski definition) is 1. The van der Waals surface area contributed by atoms with Gasteiger partial charge in [-0.1, -0.05) is 60.7 Å². The average molecular weight is 357 g/mol. The van der Waals surface area contributed by atoms with Gasteiger partial charge in [-0.3, -0.25) is 4.84 Å². The smallest absolute Gasteiger partial charge is 0.357 e. The van der Waals surface area contributed by atoms with Crippen LogP contribution in [0.5, 0.6) is 0 Å². The first kappa shape index (κ1) is 19.6. The second-order valence-corrected chi connectivity index (χ2v) is 6.73. The third-order valence-corrected chi connectivity index (χ3v) is 3.54. The zero-order valence-electron chi connectivity index (χ0n) is 15.1. The van der Waals surface area contributed by atoms with Crippen molar-refractivity contribution in [2.75, 3.05) is 0 Å². The first-order valence-corrected chi connectivity index (χ1v) is 8.17. The summed E-state index contributed by atoms with van der Waals surface area (Å²) in [7, 11) is 0. The van der Waals surface area contributed by atoms with Crippen molar-refractivity contribution in [1.29, 1.82) is 0 Å². The lowest BCUT2D eigenvalue weighted by molar-refractivity contribution is -0.201. The monoisotopic (exact) mass is 357 g/mol. The van der Waals surface area contributed by atoms with Crippen LogP contribution in [-0.4, -0.2) is 17.5 Å². The molecule has 0 saturated heterocycles. The van der Waals surface area contributed by atoms with Gasteiger partial charge in [0, 0.05) is 5.56 Å². The van der Waals surface area contributed by atoms with Gasteiger partial charge in [0.2, 0.25) is 0 Å². The van der Waals surface area contributed by atoms with Crippen molar-refractivity contribution in [2.24, 2.45) is 5.90 Å². The lowest BCUT2D eigenvalue weighted by atomic mass is 9.93. The first-order valence-electron chi connectivity index (χ1n) is 8.17. The molecule has 1 atom stereocenters. The summed E-state index contributed by atoms with van der Waals surface area (Å²) in [5.41, 5.74) is -2.04. The molecule has 2 rings (SSSR count). The van der Waals surface area contributed by atoms with Crippen molar-refractivity contribution in [3.63, 3.8) is 0 Å². The highest BCUT2D eigenvalue weighted by molar-refractivity contribution is 6.04. The maximum atomic E-state index is 12.9. The summed E-state index contributed by atoms with van der Waals surface area (Å²) in [5.74, 6) is 3.55. The van der Waals surface area contributed by atoms with Crippen LogP contribution in [0.2, 0.25) is 0 Å². The highest BCUT2D eigenvalue weighted by atomic mass is 16.7. The van der Waals surface area contributed by atoms with E-state index in [0.717, 1.165) is 5.56 Å². The van der Waals surface area contributed by atoms with E-state index in [1.54, 1.807) is 63.2 Å². The Labute approximate surface area is 152 Å². The first-order chi connectivity index (χ1) is 12.3. The Balaban J connectivity index is 2.35. The molecule has 6 heteroatoms. The quantitative estimate of drug-likeness (QED) is 0.486. The summed E-state index contributed by atoms with van der Waals surface area (Å²) >= 11 is 0. The lowest BCUT2D eigenvalue weighted by Gasteiger charge is -2.31. The fourth-order valence-electron chi connectivity index (χ4n) is 2.33. The minimum absolute atomic E-state index is 0.0274. The van der Waals surface area contributed by atoms with Gasteiger partial charge in [0.1, 0.15) is 12.2 Å². The molecule has 138 valence electrons. The molecule has 0 heterocycles. The van der Waals surface area contributed by atoms with Gasteiger partial charge >= 0.3 is 17.5 Å². The van der Waals surface area contributed by atoms with E-state index in [1.807, 2.05) is 18.2 Å². The summed E-state index contributed by atoms with van der Waals surface area (Å²) in [6, 6.07) is 17.3. The van der Waals surface area contributed by atoms with Gasteiger partial charge in [-0.25, -0.2) is 15.5 Å². The standard InChI is InChI=1S/C20H23NO5/c1-19(2,3)25-18(23)20(26-21,16-12-8-5-9-13-16)17(22)24-14-15-10-6-4-7-11-15/h4-13H,14,21H2,1-3H3. The number of hydrogen-bond acceptors (Lipinski definition) is 6. The molecular weight excluding hydrogens is 334 g/mol. The van der Waals surface area contributed by atoms with Crippen molar-refractivity contribution < 1.29 is 23.9 Å². The minimum Gasteiger partial charge on any atom is -0.458 e. The Morgan fingerprint density at radius 3 is 1.92 bits per heavy atom. The maximum Gasteiger partial charge on any atom is 0.357 e. The summed E-state index contributed by atoms with van der Waals surface area (Å²) < 4.78 is 10.7. The molecule has 26 heavy (non-hydrogen) atoms. The normalized spacial score (nSPS) is 13.5. The van der Waals surface area contributed by atoms with Crippen LogP contribution in [0.4, 0.5) is 0 Å². The van der Waals surface area contributed by atoms with Crippen molar-refractivity contribution in [1.82, 2.24) is 0 Å². The van der Waals surface area contributed by atoms with Gasteiger partial charge in [-0.2, -0.15) is 0 Å². The Morgan fingerprint density at radius 2 is 1.42 bits per heavy atom. The van der Waals surface area contributed by atoms with Gasteiger partial charge in [-0.05, 0) is 26.3 Å². The molecule has 0 aromatic heterocycles. The summed E-state index contributed by atoms with van der Waals surface area (Å²) in [6.45, 7) is 5.03. The number of carbonyl (C=O) groups is 2. The van der Waals surface area contributed by atoms with Crippen LogP contribution in [0.15, 0.2) is 60.7 Å². The second-order valence-electron chi connectivity index (χ2n) is 6.73. The van der Waals surface area contributed by atoms with E-state index in [4.69, 9.17) is 20.2 Å². The Bertz CT molecular complexity index is 740. The van der Waals surface area contributed by atoms with Crippen molar-refractivity contribution in [2.45, 2.75) is 38.6 Å². The van der Waals surface area contributed by atoms with Crippen LogP contribution in [0, 0.1) is 0 Å². The zero-order valence-corrected chi connectivity index (χ0v) is 15.1. The molecule has 0 spiro atoms. The third kappa shape index (κ3) is 4.47. The van der Waals surface area contributed by atoms with E-state index in [1.165, 1.54) is 0 Å². The Hall–Kier alpha value is -2.70. The molecule has 0 aliphatic carbocycles. The molecule has 0 aliphatic heterocycles. The van der Waals surface area contributed by atoms with E-state index in [-0.39, 0.29) is 12.2 Å². The van der Waals surface area contributed by atoms with Gasteiger partial charge in [0.15, 0.2) is 0 Å². The van der Waals surface area contributed by atoms with Crippen molar-refractivity contribution >= 4 is 11.9 Å². The predicted octanol–water partition coefficient (Wildman–Crippen LogP) is 2.86. The van der Waals surface area contributed by atoms with Crippen molar-refractivity contribution in [3.8, 4) is 0 Å². The van der Waals surface area contributed by atoms with E-state index >= 15 is 0 Å². The van der Waals surface area contributed by atoms with Gasteiger partial charge in [0.05, 0.1) is 0 Å². The van der Waals surface area contributed by atoms with Crippen LogP contribution in [0.1, 0.15) is 31.9 Å². The molecule has 6 nitrogen and oxygen atoms in total. The minimum atomic E-state index is -2.21. The SMILES string of the molecule is CC(C)(C)OC(=O)C(ON)(C(=O)OCc1ccccc1)c1ccccc1. The molecule has 0 amide bonds. The fourth-order valence-corrected chi connectivity index (χ4v) is 2.33. The second kappa shape index (κ2) is 8.12. The van der Waals surface area contributed by atoms with E-state index < -0.39 is 23.1 Å². The molecule has 0 radical (unpaired) electrons. The molecule has 0 aliphatic rings.